The highest BCUT2D eigenvalue weighted by Gasteiger charge is 2.49. The number of hydrogen-bond acceptors (Lipinski definition) is 4. The summed E-state index contributed by atoms with van der Waals surface area (Å²) in [6.07, 6.45) is -1.61. The van der Waals surface area contributed by atoms with E-state index in [4.69, 9.17) is 15.7 Å². The fourth-order valence-electron chi connectivity index (χ4n) is 2.14. The normalized spacial score (nSPS) is 21.3. The lowest BCUT2D eigenvalue weighted by molar-refractivity contribution is 0.0102. The fourth-order valence-corrected chi connectivity index (χ4v) is 2.14. The number of rotatable bonds is 3. The van der Waals surface area contributed by atoms with E-state index in [0.717, 1.165) is 10.5 Å². The summed E-state index contributed by atoms with van der Waals surface area (Å²) in [5.74, 6) is -3.53. The number of nitrogens with two attached hydrogens (primary N) is 1. The van der Waals surface area contributed by atoms with Gasteiger partial charge in [0.25, 0.3) is 5.92 Å². The van der Waals surface area contributed by atoms with Crippen LogP contribution in [0, 0.1) is 0 Å². The van der Waals surface area contributed by atoms with Crippen molar-refractivity contribution in [2.45, 2.75) is 25.0 Å². The van der Waals surface area contributed by atoms with Crippen LogP contribution in [0.5, 0.6) is 0 Å². The van der Waals surface area contributed by atoms with Crippen molar-refractivity contribution in [1.82, 2.24) is 4.90 Å². The van der Waals surface area contributed by atoms with Gasteiger partial charge in [0.1, 0.15) is 12.6 Å². The number of carbonyl (C=O) groups excluding carboxylic acids is 1. The van der Waals surface area contributed by atoms with Gasteiger partial charge in [0, 0.05) is 6.42 Å². The summed E-state index contributed by atoms with van der Waals surface area (Å²) in [4.78, 5) is 12.7. The van der Waals surface area contributed by atoms with Crippen molar-refractivity contribution in [2.75, 3.05) is 6.54 Å². The van der Waals surface area contributed by atoms with E-state index in [1.54, 1.807) is 30.3 Å². The predicted octanol–water partition coefficient (Wildman–Crippen LogP) is 1.78. The van der Waals surface area contributed by atoms with E-state index >= 15 is 0 Å². The van der Waals surface area contributed by atoms with E-state index in [-0.39, 0.29) is 6.61 Å². The lowest BCUT2D eigenvalue weighted by Gasteiger charge is -2.22. The minimum Gasteiger partial charge on any atom is -0.445 e. The maximum Gasteiger partial charge on any atom is 0.410 e. The van der Waals surface area contributed by atoms with Gasteiger partial charge < -0.3 is 15.7 Å². The van der Waals surface area contributed by atoms with Crippen molar-refractivity contribution >= 4 is 11.9 Å². The molecule has 0 aliphatic carbocycles. The van der Waals surface area contributed by atoms with E-state index in [2.05, 4.69) is 5.16 Å². The third kappa shape index (κ3) is 3.59. The summed E-state index contributed by atoms with van der Waals surface area (Å²) in [6.45, 7) is -0.855. The molecule has 3 N–H and O–H groups in total. The number of likely N-dealkylation sites (tertiary alicyclic amines) is 1. The number of benzene rings is 1. The number of carbonyl (C=O) groups is 1. The standard InChI is InChI=1S/C13H15F2N3O3/c14-13(15)6-10(11(16)17-20)18(8-13)12(19)21-7-9-4-2-1-3-5-9/h1-5,10,20H,6-8H2,(H2,16,17). The molecule has 1 heterocycles. The molecule has 1 amide bonds. The predicted molar refractivity (Wildman–Crippen MR) is 70.1 cm³/mol. The Bertz CT molecular complexity index is 537. The van der Waals surface area contributed by atoms with Gasteiger partial charge in [0.05, 0.1) is 6.54 Å². The zero-order chi connectivity index (χ0) is 15.5. The van der Waals surface area contributed by atoms with Gasteiger partial charge in [-0.3, -0.25) is 4.90 Å². The zero-order valence-corrected chi connectivity index (χ0v) is 11.1. The number of alkyl halides is 2. The third-order valence-electron chi connectivity index (χ3n) is 3.17. The minimum atomic E-state index is -3.09. The van der Waals surface area contributed by atoms with Crippen LogP contribution in [-0.2, 0) is 11.3 Å². The van der Waals surface area contributed by atoms with E-state index in [1.165, 1.54) is 0 Å². The number of ether oxygens (including phenoxy) is 1. The van der Waals surface area contributed by atoms with Gasteiger partial charge in [-0.05, 0) is 5.56 Å². The smallest absolute Gasteiger partial charge is 0.410 e. The minimum absolute atomic E-state index is 0.0371. The Morgan fingerprint density at radius 1 is 1.48 bits per heavy atom. The van der Waals surface area contributed by atoms with Crippen molar-refractivity contribution in [1.29, 1.82) is 0 Å². The van der Waals surface area contributed by atoms with Crippen LogP contribution < -0.4 is 5.73 Å². The average Bonchev–Trinajstić information content (AvgIpc) is 2.81. The molecule has 1 aliphatic heterocycles. The molecule has 6 nitrogen and oxygen atoms in total. The molecular weight excluding hydrogens is 284 g/mol. The third-order valence-corrected chi connectivity index (χ3v) is 3.17. The molecule has 1 unspecified atom stereocenters. The molecule has 1 aromatic carbocycles. The highest BCUT2D eigenvalue weighted by atomic mass is 19.3. The molecule has 2 rings (SSSR count). The second-order valence-corrected chi connectivity index (χ2v) is 4.77. The molecule has 8 heteroatoms. The van der Waals surface area contributed by atoms with Crippen molar-refractivity contribution < 1.29 is 23.5 Å². The fraction of sp³-hybridized carbons (Fsp3) is 0.385. The van der Waals surface area contributed by atoms with Gasteiger partial charge in [-0.15, -0.1) is 0 Å². The molecule has 114 valence electrons. The molecule has 0 spiro atoms. The van der Waals surface area contributed by atoms with Crippen LogP contribution in [0.1, 0.15) is 12.0 Å². The van der Waals surface area contributed by atoms with Crippen LogP contribution in [0.15, 0.2) is 35.5 Å². The second kappa shape index (κ2) is 5.94. The lowest BCUT2D eigenvalue weighted by Crippen LogP contribution is -2.44. The number of amides is 1. The average molecular weight is 299 g/mol. The number of halogens is 2. The first-order chi connectivity index (χ1) is 9.93. The molecule has 1 aromatic rings. The molecule has 0 saturated carbocycles. The molecule has 1 aliphatic rings. The Morgan fingerprint density at radius 3 is 2.76 bits per heavy atom. The van der Waals surface area contributed by atoms with Crippen LogP contribution in [0.4, 0.5) is 13.6 Å². The first kappa shape index (κ1) is 15.0. The van der Waals surface area contributed by atoms with Crippen LogP contribution >= 0.6 is 0 Å². The van der Waals surface area contributed by atoms with Gasteiger partial charge in [-0.25, -0.2) is 13.6 Å². The van der Waals surface area contributed by atoms with Crippen molar-refractivity contribution in [2.24, 2.45) is 10.9 Å². The Kier molecular flexibility index (Phi) is 4.25. The first-order valence-electron chi connectivity index (χ1n) is 6.25. The summed E-state index contributed by atoms with van der Waals surface area (Å²) in [5.41, 5.74) is 6.09. The molecule has 21 heavy (non-hydrogen) atoms. The topological polar surface area (TPSA) is 88.2 Å². The van der Waals surface area contributed by atoms with Crippen molar-refractivity contribution in [3.05, 3.63) is 35.9 Å². The monoisotopic (exact) mass is 299 g/mol. The van der Waals surface area contributed by atoms with Crippen LogP contribution in [-0.4, -0.2) is 40.5 Å². The summed E-state index contributed by atoms with van der Waals surface area (Å²) in [6, 6.07) is 7.66. The Balaban J connectivity index is 2.03. The van der Waals surface area contributed by atoms with Gasteiger partial charge in [-0.2, -0.15) is 0 Å². The summed E-state index contributed by atoms with van der Waals surface area (Å²) in [5, 5.41) is 11.3. The molecule has 0 radical (unpaired) electrons. The first-order valence-corrected chi connectivity index (χ1v) is 6.25. The van der Waals surface area contributed by atoms with Gasteiger partial charge in [0.15, 0.2) is 5.84 Å². The molecule has 0 aromatic heterocycles. The van der Waals surface area contributed by atoms with E-state index in [9.17, 15) is 13.6 Å². The lowest BCUT2D eigenvalue weighted by atomic mass is 10.2. The number of hydrogen-bond donors (Lipinski definition) is 2. The second-order valence-electron chi connectivity index (χ2n) is 4.77. The number of amidine groups is 1. The summed E-state index contributed by atoms with van der Waals surface area (Å²) < 4.78 is 31.8. The van der Waals surface area contributed by atoms with Crippen LogP contribution in [0.25, 0.3) is 0 Å². The summed E-state index contributed by atoms with van der Waals surface area (Å²) in [7, 11) is 0. The van der Waals surface area contributed by atoms with Gasteiger partial charge >= 0.3 is 6.09 Å². The quantitative estimate of drug-likeness (QED) is 0.385. The van der Waals surface area contributed by atoms with E-state index < -0.39 is 36.9 Å². The van der Waals surface area contributed by atoms with Gasteiger partial charge in [-0.1, -0.05) is 35.5 Å². The zero-order valence-electron chi connectivity index (χ0n) is 11.1. The Hall–Kier alpha value is -2.38. The summed E-state index contributed by atoms with van der Waals surface area (Å²) >= 11 is 0. The van der Waals surface area contributed by atoms with Crippen LogP contribution in [0.2, 0.25) is 0 Å². The van der Waals surface area contributed by atoms with Crippen molar-refractivity contribution in [3.63, 3.8) is 0 Å². The maximum atomic E-state index is 13.4. The van der Waals surface area contributed by atoms with Gasteiger partial charge in [0.2, 0.25) is 0 Å². The van der Waals surface area contributed by atoms with Crippen molar-refractivity contribution in [3.8, 4) is 0 Å². The highest BCUT2D eigenvalue weighted by Crippen LogP contribution is 2.32. The molecule has 1 saturated heterocycles. The van der Waals surface area contributed by atoms with E-state index in [1.807, 2.05) is 0 Å². The molecule has 1 atom stereocenters. The van der Waals surface area contributed by atoms with Crippen LogP contribution in [0.3, 0.4) is 0 Å². The molecular formula is C13H15F2N3O3. The molecule has 0 bridgehead atoms. The maximum absolute atomic E-state index is 13.4. The van der Waals surface area contributed by atoms with E-state index in [0.29, 0.717) is 0 Å². The Morgan fingerprint density at radius 2 is 2.14 bits per heavy atom. The largest absolute Gasteiger partial charge is 0.445 e. The SMILES string of the molecule is N/C(=N\O)C1CC(F)(F)CN1C(=O)OCc1ccccc1. The molecule has 1 fully saturated rings. The highest BCUT2D eigenvalue weighted by molar-refractivity contribution is 5.89. The number of nitrogens with zero attached hydrogens (tertiary/aromatic N) is 2. The Labute approximate surface area is 119 Å². The number of oxime groups is 1.